The molecular formula is C40H71NO4. The quantitative estimate of drug-likeness (QED) is 0.0255. The van der Waals surface area contributed by atoms with Gasteiger partial charge in [-0.15, -0.1) is 0 Å². The highest BCUT2D eigenvalue weighted by Crippen LogP contribution is 2.24. The Morgan fingerprint density at radius 1 is 0.533 bits per heavy atom. The fraction of sp³-hybridized carbons (Fsp3) is 0.825. The summed E-state index contributed by atoms with van der Waals surface area (Å²) in [4.78, 5) is 23.6. The normalized spacial score (nSPS) is 12.0. The smallest absolute Gasteiger partial charge is 0.314 e. The van der Waals surface area contributed by atoms with Crippen molar-refractivity contribution in [3.63, 3.8) is 0 Å². The number of nitrogens with zero attached hydrogens (tertiary/aromatic N) is 1. The topological polar surface area (TPSA) is 69.4 Å². The third kappa shape index (κ3) is 24.9. The van der Waals surface area contributed by atoms with Crippen LogP contribution in [0.3, 0.4) is 0 Å². The van der Waals surface area contributed by atoms with Crippen LogP contribution in [0, 0.1) is 16.0 Å². The Kier molecular flexibility index (Phi) is 28.1. The molecule has 0 N–H and O–H groups in total. The second-order valence-corrected chi connectivity index (χ2v) is 13.6. The van der Waals surface area contributed by atoms with Crippen LogP contribution in [0.2, 0.25) is 0 Å². The standard InChI is InChI=1S/C40H71NO4/c1-3-5-7-9-11-13-15-17-18-19-20-22-24-26-28-30-32-37(40(42)45-39-35-33-38(34-36-39)41(43)44)31-29-27-25-23-21-16-14-12-10-8-6-4-2/h33-37H,3-32H2,1-2H3. The van der Waals surface area contributed by atoms with Gasteiger partial charge in [-0.3, -0.25) is 14.9 Å². The van der Waals surface area contributed by atoms with Crippen molar-refractivity contribution in [3.8, 4) is 5.75 Å². The minimum Gasteiger partial charge on any atom is -0.426 e. The average Bonchev–Trinajstić information content (AvgIpc) is 3.04. The molecule has 0 saturated heterocycles. The number of carbonyl (C=O) groups is 1. The first kappa shape index (κ1) is 41.1. The summed E-state index contributed by atoms with van der Waals surface area (Å²) in [6.07, 6.45) is 39.0. The molecule has 45 heavy (non-hydrogen) atoms. The Bertz CT molecular complexity index is 809. The lowest BCUT2D eigenvalue weighted by Gasteiger charge is -2.16. The van der Waals surface area contributed by atoms with E-state index in [0.29, 0.717) is 5.75 Å². The number of unbranched alkanes of at least 4 members (excludes halogenated alkanes) is 26. The second kappa shape index (κ2) is 30.7. The average molecular weight is 630 g/mol. The molecule has 0 fully saturated rings. The van der Waals surface area contributed by atoms with Gasteiger partial charge in [-0.2, -0.15) is 0 Å². The van der Waals surface area contributed by atoms with Crippen molar-refractivity contribution in [2.75, 3.05) is 0 Å². The zero-order valence-corrected chi connectivity index (χ0v) is 29.7. The minimum atomic E-state index is -0.431. The van der Waals surface area contributed by atoms with Gasteiger partial charge in [-0.25, -0.2) is 0 Å². The van der Waals surface area contributed by atoms with Crippen LogP contribution in [0.15, 0.2) is 24.3 Å². The Morgan fingerprint density at radius 2 is 0.822 bits per heavy atom. The Morgan fingerprint density at radius 3 is 1.11 bits per heavy atom. The van der Waals surface area contributed by atoms with Gasteiger partial charge in [-0.1, -0.05) is 194 Å². The predicted octanol–water partition coefficient (Wildman–Crippen LogP) is 13.9. The second-order valence-electron chi connectivity index (χ2n) is 13.6. The van der Waals surface area contributed by atoms with Crippen LogP contribution in [-0.2, 0) is 4.79 Å². The van der Waals surface area contributed by atoms with Gasteiger partial charge in [0.15, 0.2) is 0 Å². The van der Waals surface area contributed by atoms with E-state index in [1.165, 1.54) is 191 Å². The molecule has 1 atom stereocenters. The van der Waals surface area contributed by atoms with E-state index in [-0.39, 0.29) is 17.6 Å². The summed E-state index contributed by atoms with van der Waals surface area (Å²) in [7, 11) is 0. The van der Waals surface area contributed by atoms with Gasteiger partial charge >= 0.3 is 5.97 Å². The van der Waals surface area contributed by atoms with E-state index >= 15 is 0 Å². The minimum absolute atomic E-state index is 0.0102. The summed E-state index contributed by atoms with van der Waals surface area (Å²) < 4.78 is 5.69. The van der Waals surface area contributed by atoms with E-state index in [1.807, 2.05) is 0 Å². The lowest BCUT2D eigenvalue weighted by atomic mass is 9.94. The molecule has 0 aliphatic rings. The van der Waals surface area contributed by atoms with E-state index in [1.54, 1.807) is 0 Å². The van der Waals surface area contributed by atoms with Crippen molar-refractivity contribution >= 4 is 11.7 Å². The molecule has 5 nitrogen and oxygen atoms in total. The molecule has 0 aliphatic heterocycles. The Balaban J connectivity index is 2.23. The van der Waals surface area contributed by atoms with Crippen LogP contribution in [-0.4, -0.2) is 10.9 Å². The summed E-state index contributed by atoms with van der Waals surface area (Å²) in [6.45, 7) is 4.55. The number of rotatable bonds is 33. The largest absolute Gasteiger partial charge is 0.426 e. The molecule has 1 aromatic carbocycles. The molecule has 0 bridgehead atoms. The van der Waals surface area contributed by atoms with Gasteiger partial charge in [-0.05, 0) is 25.0 Å². The molecule has 260 valence electrons. The molecule has 0 aromatic heterocycles. The summed E-state index contributed by atoms with van der Waals surface area (Å²) >= 11 is 0. The first-order valence-corrected chi connectivity index (χ1v) is 19.5. The van der Waals surface area contributed by atoms with Crippen molar-refractivity contribution < 1.29 is 14.5 Å². The van der Waals surface area contributed by atoms with Crippen LogP contribution in [0.5, 0.6) is 5.75 Å². The fourth-order valence-electron chi connectivity index (χ4n) is 6.39. The number of esters is 1. The molecule has 1 unspecified atom stereocenters. The number of carbonyl (C=O) groups excluding carboxylic acids is 1. The molecule has 0 radical (unpaired) electrons. The van der Waals surface area contributed by atoms with E-state index in [2.05, 4.69) is 13.8 Å². The molecule has 1 rings (SSSR count). The molecule has 0 amide bonds. The van der Waals surface area contributed by atoms with Crippen LogP contribution >= 0.6 is 0 Å². The maximum atomic E-state index is 13.1. The van der Waals surface area contributed by atoms with Crippen LogP contribution < -0.4 is 4.74 Å². The van der Waals surface area contributed by atoms with Crippen molar-refractivity contribution in [1.82, 2.24) is 0 Å². The van der Waals surface area contributed by atoms with E-state index in [0.717, 1.165) is 25.7 Å². The highest BCUT2D eigenvalue weighted by Gasteiger charge is 2.20. The highest BCUT2D eigenvalue weighted by atomic mass is 16.6. The number of ether oxygens (including phenoxy) is 1. The van der Waals surface area contributed by atoms with Crippen molar-refractivity contribution in [1.29, 1.82) is 0 Å². The molecule has 0 spiro atoms. The van der Waals surface area contributed by atoms with Crippen LogP contribution in [0.25, 0.3) is 0 Å². The molecule has 0 saturated carbocycles. The molecular weight excluding hydrogens is 558 g/mol. The van der Waals surface area contributed by atoms with E-state index < -0.39 is 4.92 Å². The maximum absolute atomic E-state index is 13.1. The zero-order chi connectivity index (χ0) is 32.6. The number of hydrogen-bond donors (Lipinski definition) is 0. The molecule has 1 aromatic rings. The van der Waals surface area contributed by atoms with E-state index in [4.69, 9.17) is 4.74 Å². The fourth-order valence-corrected chi connectivity index (χ4v) is 6.39. The van der Waals surface area contributed by atoms with Crippen LogP contribution in [0.4, 0.5) is 5.69 Å². The van der Waals surface area contributed by atoms with Gasteiger partial charge < -0.3 is 4.74 Å². The van der Waals surface area contributed by atoms with Gasteiger partial charge in [0.2, 0.25) is 0 Å². The summed E-state index contributed by atoms with van der Waals surface area (Å²) in [5.41, 5.74) is 0.0102. The molecule has 0 heterocycles. The van der Waals surface area contributed by atoms with Gasteiger partial charge in [0, 0.05) is 12.1 Å². The predicted molar refractivity (Wildman–Crippen MR) is 192 cm³/mol. The van der Waals surface area contributed by atoms with Crippen molar-refractivity contribution in [2.45, 2.75) is 206 Å². The molecule has 5 heteroatoms. The van der Waals surface area contributed by atoms with Gasteiger partial charge in [0.1, 0.15) is 5.75 Å². The first-order chi connectivity index (χ1) is 22.1. The number of hydrogen-bond acceptors (Lipinski definition) is 4. The van der Waals surface area contributed by atoms with Gasteiger partial charge in [0.25, 0.3) is 5.69 Å². The SMILES string of the molecule is CCCCCCCCCCCCCCCCCCC(CCCCCCCCCCCCCC)C(=O)Oc1ccc([N+](=O)[O-])cc1. The third-order valence-corrected chi connectivity index (χ3v) is 9.41. The first-order valence-electron chi connectivity index (χ1n) is 19.5. The number of nitro benzene ring substituents is 1. The Hall–Kier alpha value is -1.91. The van der Waals surface area contributed by atoms with E-state index in [9.17, 15) is 14.9 Å². The lowest BCUT2D eigenvalue weighted by molar-refractivity contribution is -0.384. The number of benzene rings is 1. The maximum Gasteiger partial charge on any atom is 0.314 e. The van der Waals surface area contributed by atoms with Crippen LogP contribution in [0.1, 0.15) is 206 Å². The summed E-state index contributed by atoms with van der Waals surface area (Å²) in [5.74, 6) is 0.139. The van der Waals surface area contributed by atoms with Crippen molar-refractivity contribution in [2.24, 2.45) is 5.92 Å². The lowest BCUT2D eigenvalue weighted by Crippen LogP contribution is -2.21. The number of non-ortho nitro benzene ring substituents is 1. The number of nitro groups is 1. The molecule has 0 aliphatic carbocycles. The van der Waals surface area contributed by atoms with Gasteiger partial charge in [0.05, 0.1) is 10.8 Å². The Labute approximate surface area is 278 Å². The van der Waals surface area contributed by atoms with Crippen molar-refractivity contribution in [3.05, 3.63) is 34.4 Å². The summed E-state index contributed by atoms with van der Waals surface area (Å²) in [5, 5.41) is 11.0. The summed E-state index contributed by atoms with van der Waals surface area (Å²) in [6, 6.07) is 5.87. The monoisotopic (exact) mass is 630 g/mol. The highest BCUT2D eigenvalue weighted by molar-refractivity contribution is 5.75. The third-order valence-electron chi connectivity index (χ3n) is 9.41. The zero-order valence-electron chi connectivity index (χ0n) is 29.7.